The Labute approximate surface area is 126 Å². The van der Waals surface area contributed by atoms with E-state index in [1.807, 2.05) is 20.8 Å². The molecule has 0 aliphatic rings. The van der Waals surface area contributed by atoms with Crippen molar-refractivity contribution in [3.63, 3.8) is 0 Å². The minimum Gasteiger partial charge on any atom is -0.481 e. The smallest absolute Gasteiger partial charge is 0.315 e. The molecule has 0 radical (unpaired) electrons. The Morgan fingerprint density at radius 1 is 1.19 bits per heavy atom. The molecule has 0 spiro atoms. The number of carboxylic acids is 1. The van der Waals surface area contributed by atoms with Crippen LogP contribution >= 0.6 is 0 Å². The van der Waals surface area contributed by atoms with E-state index < -0.39 is 18.0 Å². The van der Waals surface area contributed by atoms with Gasteiger partial charge in [0.15, 0.2) is 0 Å². The molecule has 0 rings (SSSR count). The number of hydrogen-bond donors (Lipinski definition) is 3. The van der Waals surface area contributed by atoms with Gasteiger partial charge < -0.3 is 20.6 Å². The van der Waals surface area contributed by atoms with Crippen molar-refractivity contribution in [3.8, 4) is 0 Å². The largest absolute Gasteiger partial charge is 0.481 e. The normalized spacial score (nSPS) is 12.4. The highest BCUT2D eigenvalue weighted by Gasteiger charge is 2.22. The van der Waals surface area contributed by atoms with Gasteiger partial charge in [0.05, 0.1) is 6.42 Å². The van der Waals surface area contributed by atoms with Crippen LogP contribution in [0.25, 0.3) is 0 Å². The van der Waals surface area contributed by atoms with Gasteiger partial charge in [-0.1, -0.05) is 20.8 Å². The Morgan fingerprint density at radius 2 is 1.76 bits per heavy atom. The minimum atomic E-state index is -0.952. The second kappa shape index (κ2) is 8.49. The summed E-state index contributed by atoms with van der Waals surface area (Å²) in [7, 11) is 3.29. The SMILES string of the molecule is CN(C)C(=O)CCNC(=O)NC(CC(=O)O)CC(C)(C)C. The number of nitrogens with one attached hydrogen (secondary N) is 2. The molecule has 0 saturated heterocycles. The van der Waals surface area contributed by atoms with Crippen LogP contribution in [-0.4, -0.2) is 54.6 Å². The molecule has 122 valence electrons. The zero-order valence-corrected chi connectivity index (χ0v) is 13.5. The fourth-order valence-electron chi connectivity index (χ4n) is 1.87. The van der Waals surface area contributed by atoms with Crippen molar-refractivity contribution < 1.29 is 19.5 Å². The van der Waals surface area contributed by atoms with Crippen LogP contribution < -0.4 is 10.6 Å². The lowest BCUT2D eigenvalue weighted by atomic mass is 9.87. The number of amides is 3. The number of carbonyl (C=O) groups is 3. The third-order valence-corrected chi connectivity index (χ3v) is 2.74. The second-order valence-electron chi connectivity index (χ2n) is 6.50. The van der Waals surface area contributed by atoms with Gasteiger partial charge in [-0.25, -0.2) is 4.79 Å². The van der Waals surface area contributed by atoms with E-state index in [1.165, 1.54) is 4.90 Å². The minimum absolute atomic E-state index is 0.0768. The summed E-state index contributed by atoms with van der Waals surface area (Å²) in [5.74, 6) is -1.03. The van der Waals surface area contributed by atoms with Crippen molar-refractivity contribution in [2.45, 2.75) is 46.1 Å². The van der Waals surface area contributed by atoms with Gasteiger partial charge in [0.25, 0.3) is 0 Å². The summed E-state index contributed by atoms with van der Waals surface area (Å²) < 4.78 is 0. The fourth-order valence-corrected chi connectivity index (χ4v) is 1.87. The Morgan fingerprint density at radius 3 is 2.19 bits per heavy atom. The molecule has 21 heavy (non-hydrogen) atoms. The first-order valence-electron chi connectivity index (χ1n) is 6.97. The van der Waals surface area contributed by atoms with E-state index in [9.17, 15) is 14.4 Å². The van der Waals surface area contributed by atoms with Gasteiger partial charge in [0, 0.05) is 33.1 Å². The first kappa shape index (κ1) is 19.2. The first-order valence-corrected chi connectivity index (χ1v) is 6.97. The summed E-state index contributed by atoms with van der Waals surface area (Å²) >= 11 is 0. The van der Waals surface area contributed by atoms with Crippen molar-refractivity contribution in [1.29, 1.82) is 0 Å². The quantitative estimate of drug-likeness (QED) is 0.654. The highest BCUT2D eigenvalue weighted by Crippen LogP contribution is 2.22. The second-order valence-corrected chi connectivity index (χ2v) is 6.50. The maximum absolute atomic E-state index is 11.7. The van der Waals surface area contributed by atoms with Crippen LogP contribution in [0.15, 0.2) is 0 Å². The van der Waals surface area contributed by atoms with Crippen molar-refractivity contribution in [1.82, 2.24) is 15.5 Å². The molecule has 0 bridgehead atoms. The van der Waals surface area contributed by atoms with Gasteiger partial charge in [-0.05, 0) is 11.8 Å². The molecular formula is C14H27N3O4. The van der Waals surface area contributed by atoms with Gasteiger partial charge in [0.2, 0.25) is 5.91 Å². The highest BCUT2D eigenvalue weighted by atomic mass is 16.4. The topological polar surface area (TPSA) is 98.7 Å². The number of rotatable bonds is 7. The van der Waals surface area contributed by atoms with Crippen LogP contribution in [0, 0.1) is 5.41 Å². The predicted molar refractivity (Wildman–Crippen MR) is 80.0 cm³/mol. The number of hydrogen-bond acceptors (Lipinski definition) is 3. The molecule has 0 heterocycles. The van der Waals surface area contributed by atoms with E-state index in [4.69, 9.17) is 5.11 Å². The Balaban J connectivity index is 4.27. The summed E-state index contributed by atoms with van der Waals surface area (Å²) in [5.41, 5.74) is -0.0890. The monoisotopic (exact) mass is 301 g/mol. The number of urea groups is 1. The van der Waals surface area contributed by atoms with Crippen LogP contribution in [0.4, 0.5) is 4.79 Å². The molecule has 3 amide bonds. The van der Waals surface area contributed by atoms with Gasteiger partial charge in [-0.3, -0.25) is 9.59 Å². The third kappa shape index (κ3) is 10.6. The zero-order chi connectivity index (χ0) is 16.6. The maximum atomic E-state index is 11.7. The Hall–Kier alpha value is -1.79. The maximum Gasteiger partial charge on any atom is 0.315 e. The summed E-state index contributed by atoms with van der Waals surface area (Å²) in [6.45, 7) is 6.17. The molecule has 0 fully saturated rings. The highest BCUT2D eigenvalue weighted by molar-refractivity contribution is 5.78. The molecule has 0 aliphatic heterocycles. The average molecular weight is 301 g/mol. The first-order chi connectivity index (χ1) is 9.51. The molecule has 3 N–H and O–H groups in total. The standard InChI is InChI=1S/C14H27N3O4/c1-14(2,3)9-10(8-12(19)20)16-13(21)15-7-6-11(18)17(4)5/h10H,6-9H2,1-5H3,(H,19,20)(H2,15,16,21). The predicted octanol–water partition coefficient (Wildman–Crippen LogP) is 1.04. The van der Waals surface area contributed by atoms with Crippen LogP contribution in [0.3, 0.4) is 0 Å². The molecule has 1 unspecified atom stereocenters. The molecule has 0 aliphatic carbocycles. The zero-order valence-electron chi connectivity index (χ0n) is 13.5. The van der Waals surface area contributed by atoms with Crippen molar-refractivity contribution in [3.05, 3.63) is 0 Å². The molecule has 0 aromatic carbocycles. The molecule has 0 saturated carbocycles. The van der Waals surface area contributed by atoms with Crippen LogP contribution in [0.1, 0.15) is 40.0 Å². The van der Waals surface area contributed by atoms with Gasteiger partial charge in [0.1, 0.15) is 0 Å². The Kier molecular flexibility index (Phi) is 7.76. The number of carboxylic acid groups (broad SMARTS) is 1. The van der Waals surface area contributed by atoms with Crippen LogP contribution in [0.5, 0.6) is 0 Å². The summed E-state index contributed by atoms with van der Waals surface area (Å²) in [6.07, 6.45) is 0.647. The molecular weight excluding hydrogens is 274 g/mol. The summed E-state index contributed by atoms with van der Waals surface area (Å²) in [5, 5.41) is 14.1. The Bertz CT molecular complexity index is 375. The van der Waals surface area contributed by atoms with Crippen LogP contribution in [0.2, 0.25) is 0 Å². The number of carbonyl (C=O) groups excluding carboxylic acids is 2. The van der Waals surface area contributed by atoms with E-state index in [1.54, 1.807) is 14.1 Å². The lowest BCUT2D eigenvalue weighted by Gasteiger charge is -2.25. The van der Waals surface area contributed by atoms with Crippen molar-refractivity contribution in [2.24, 2.45) is 5.41 Å². The van der Waals surface area contributed by atoms with E-state index in [-0.39, 0.29) is 30.7 Å². The molecule has 0 aromatic heterocycles. The molecule has 7 heteroatoms. The van der Waals surface area contributed by atoms with Gasteiger partial charge in [-0.15, -0.1) is 0 Å². The van der Waals surface area contributed by atoms with E-state index in [2.05, 4.69) is 10.6 Å². The lowest BCUT2D eigenvalue weighted by molar-refractivity contribution is -0.137. The van der Waals surface area contributed by atoms with E-state index in [0.29, 0.717) is 6.42 Å². The number of aliphatic carboxylic acids is 1. The molecule has 1 atom stereocenters. The van der Waals surface area contributed by atoms with E-state index >= 15 is 0 Å². The fraction of sp³-hybridized carbons (Fsp3) is 0.786. The number of nitrogens with zero attached hydrogens (tertiary/aromatic N) is 1. The van der Waals surface area contributed by atoms with Crippen LogP contribution in [-0.2, 0) is 9.59 Å². The summed E-state index contributed by atoms with van der Waals surface area (Å²) in [6, 6.07) is -0.885. The van der Waals surface area contributed by atoms with Crippen molar-refractivity contribution in [2.75, 3.05) is 20.6 Å². The van der Waals surface area contributed by atoms with E-state index in [0.717, 1.165) is 0 Å². The molecule has 0 aromatic rings. The lowest BCUT2D eigenvalue weighted by Crippen LogP contribution is -2.45. The molecule has 7 nitrogen and oxygen atoms in total. The van der Waals surface area contributed by atoms with Crippen molar-refractivity contribution >= 4 is 17.9 Å². The summed E-state index contributed by atoms with van der Waals surface area (Å²) in [4.78, 5) is 35.4. The third-order valence-electron chi connectivity index (χ3n) is 2.74. The van der Waals surface area contributed by atoms with Gasteiger partial charge in [-0.2, -0.15) is 0 Å². The van der Waals surface area contributed by atoms with Gasteiger partial charge >= 0.3 is 12.0 Å². The average Bonchev–Trinajstić information content (AvgIpc) is 2.24.